The standard InChI is InChI=1S/C19H23ClN2O3S/c1-15-5-7-16(8-6-15)4-3-13-21-19(23)14-22(26(2,24)25)18-11-9-17(20)10-12-18/h5-12H,3-4,13-14H2,1-2H3,(H,21,23). The van der Waals surface area contributed by atoms with Gasteiger partial charge in [-0.3, -0.25) is 9.10 Å². The molecule has 2 aromatic carbocycles. The van der Waals surface area contributed by atoms with E-state index in [-0.39, 0.29) is 12.5 Å². The summed E-state index contributed by atoms with van der Waals surface area (Å²) in [7, 11) is -3.57. The molecule has 0 aliphatic carbocycles. The molecule has 0 aliphatic heterocycles. The summed E-state index contributed by atoms with van der Waals surface area (Å²) in [6.07, 6.45) is 2.72. The fraction of sp³-hybridized carbons (Fsp3) is 0.316. The van der Waals surface area contributed by atoms with Gasteiger partial charge in [-0.1, -0.05) is 41.4 Å². The van der Waals surface area contributed by atoms with Crippen molar-refractivity contribution in [3.05, 3.63) is 64.7 Å². The highest BCUT2D eigenvalue weighted by atomic mass is 35.5. The molecular formula is C19H23ClN2O3S. The summed E-state index contributed by atoms with van der Waals surface area (Å²) < 4.78 is 25.1. The number of benzene rings is 2. The van der Waals surface area contributed by atoms with Crippen LogP contribution in [0.2, 0.25) is 5.02 Å². The zero-order valence-corrected chi connectivity index (χ0v) is 16.5. The van der Waals surface area contributed by atoms with Crippen molar-refractivity contribution < 1.29 is 13.2 Å². The first-order valence-corrected chi connectivity index (χ1v) is 10.5. The van der Waals surface area contributed by atoms with E-state index in [1.807, 2.05) is 6.92 Å². The Balaban J connectivity index is 1.87. The molecule has 1 N–H and O–H groups in total. The molecule has 0 radical (unpaired) electrons. The van der Waals surface area contributed by atoms with Crippen LogP contribution >= 0.6 is 11.6 Å². The van der Waals surface area contributed by atoms with E-state index in [0.29, 0.717) is 17.3 Å². The average Bonchev–Trinajstić information content (AvgIpc) is 2.58. The highest BCUT2D eigenvalue weighted by molar-refractivity contribution is 7.92. The quantitative estimate of drug-likeness (QED) is 0.699. The number of sulfonamides is 1. The molecule has 26 heavy (non-hydrogen) atoms. The van der Waals surface area contributed by atoms with Crippen molar-refractivity contribution in [1.29, 1.82) is 0 Å². The Morgan fingerprint density at radius 1 is 1.08 bits per heavy atom. The first-order chi connectivity index (χ1) is 12.3. The molecular weight excluding hydrogens is 372 g/mol. The molecule has 0 aromatic heterocycles. The lowest BCUT2D eigenvalue weighted by Crippen LogP contribution is -2.40. The second kappa shape index (κ2) is 9.05. The first kappa shape index (κ1) is 20.3. The minimum atomic E-state index is -3.57. The third kappa shape index (κ3) is 6.35. The number of hydrogen-bond acceptors (Lipinski definition) is 3. The van der Waals surface area contributed by atoms with Gasteiger partial charge in [0, 0.05) is 11.6 Å². The minimum absolute atomic E-state index is 0.259. The van der Waals surface area contributed by atoms with Crippen LogP contribution in [0.1, 0.15) is 17.5 Å². The molecule has 5 nitrogen and oxygen atoms in total. The number of halogens is 1. The van der Waals surface area contributed by atoms with Crippen molar-refractivity contribution in [3.63, 3.8) is 0 Å². The number of rotatable bonds is 8. The van der Waals surface area contributed by atoms with Gasteiger partial charge in [0.1, 0.15) is 6.54 Å². The number of carbonyl (C=O) groups is 1. The molecule has 0 spiro atoms. The Morgan fingerprint density at radius 2 is 1.69 bits per heavy atom. The maximum absolute atomic E-state index is 12.2. The molecule has 0 fully saturated rings. The van der Waals surface area contributed by atoms with Gasteiger partial charge in [0.05, 0.1) is 11.9 Å². The van der Waals surface area contributed by atoms with Crippen LogP contribution in [0.25, 0.3) is 0 Å². The number of nitrogens with one attached hydrogen (secondary N) is 1. The highest BCUT2D eigenvalue weighted by Gasteiger charge is 2.20. The Morgan fingerprint density at radius 3 is 2.27 bits per heavy atom. The van der Waals surface area contributed by atoms with Gasteiger partial charge in [0.2, 0.25) is 15.9 Å². The molecule has 0 aliphatic rings. The topological polar surface area (TPSA) is 66.5 Å². The van der Waals surface area contributed by atoms with Crippen molar-refractivity contribution in [1.82, 2.24) is 5.32 Å². The van der Waals surface area contributed by atoms with Crippen molar-refractivity contribution in [2.45, 2.75) is 19.8 Å². The van der Waals surface area contributed by atoms with Crippen molar-refractivity contribution in [2.75, 3.05) is 23.7 Å². The van der Waals surface area contributed by atoms with E-state index >= 15 is 0 Å². The third-order valence-corrected chi connectivity index (χ3v) is 5.28. The molecule has 0 unspecified atom stereocenters. The van der Waals surface area contributed by atoms with Crippen LogP contribution in [-0.4, -0.2) is 33.7 Å². The molecule has 7 heteroatoms. The van der Waals surface area contributed by atoms with Crippen LogP contribution in [0.15, 0.2) is 48.5 Å². The number of hydrogen-bond donors (Lipinski definition) is 1. The predicted octanol–water partition coefficient (Wildman–Crippen LogP) is 3.16. The van der Waals surface area contributed by atoms with Gasteiger partial charge in [-0.2, -0.15) is 0 Å². The molecule has 0 saturated carbocycles. The van der Waals surface area contributed by atoms with Gasteiger partial charge in [-0.05, 0) is 49.6 Å². The van der Waals surface area contributed by atoms with E-state index in [2.05, 4.69) is 29.6 Å². The van der Waals surface area contributed by atoms with Gasteiger partial charge in [0.25, 0.3) is 0 Å². The number of nitrogens with zero attached hydrogens (tertiary/aromatic N) is 1. The van der Waals surface area contributed by atoms with Crippen molar-refractivity contribution in [2.24, 2.45) is 0 Å². The normalized spacial score (nSPS) is 11.2. The fourth-order valence-electron chi connectivity index (χ4n) is 2.47. The molecule has 2 rings (SSSR count). The zero-order valence-electron chi connectivity index (χ0n) is 14.9. The Kier molecular flexibility index (Phi) is 7.06. The predicted molar refractivity (Wildman–Crippen MR) is 106 cm³/mol. The second-order valence-corrected chi connectivity index (χ2v) is 8.53. The maximum Gasteiger partial charge on any atom is 0.240 e. The van der Waals surface area contributed by atoms with Crippen molar-refractivity contribution in [3.8, 4) is 0 Å². The largest absolute Gasteiger partial charge is 0.355 e. The van der Waals surface area contributed by atoms with Gasteiger partial charge < -0.3 is 5.32 Å². The van der Waals surface area contributed by atoms with E-state index in [1.165, 1.54) is 11.1 Å². The Hall–Kier alpha value is -2.05. The zero-order chi connectivity index (χ0) is 19.2. The molecule has 0 atom stereocenters. The Labute approximate surface area is 160 Å². The SMILES string of the molecule is Cc1ccc(CCCNC(=O)CN(c2ccc(Cl)cc2)S(C)(=O)=O)cc1. The van der Waals surface area contributed by atoms with Crippen LogP contribution in [0.5, 0.6) is 0 Å². The van der Waals surface area contributed by atoms with Crippen LogP contribution < -0.4 is 9.62 Å². The number of amides is 1. The van der Waals surface area contributed by atoms with E-state index in [9.17, 15) is 13.2 Å². The summed E-state index contributed by atoms with van der Waals surface area (Å²) in [6, 6.07) is 14.6. The van der Waals surface area contributed by atoms with Crippen LogP contribution in [0.4, 0.5) is 5.69 Å². The average molecular weight is 395 g/mol. The summed E-state index contributed by atoms with van der Waals surface area (Å²) in [5, 5.41) is 3.28. The van der Waals surface area contributed by atoms with E-state index in [0.717, 1.165) is 23.4 Å². The summed E-state index contributed by atoms with van der Waals surface area (Å²) >= 11 is 5.83. The minimum Gasteiger partial charge on any atom is -0.355 e. The van der Waals surface area contributed by atoms with E-state index in [4.69, 9.17) is 11.6 Å². The number of aryl methyl sites for hydroxylation is 2. The smallest absolute Gasteiger partial charge is 0.240 e. The molecule has 1 amide bonds. The number of carbonyl (C=O) groups excluding carboxylic acids is 1. The van der Waals surface area contributed by atoms with Crippen LogP contribution in [0, 0.1) is 6.92 Å². The summed E-state index contributed by atoms with van der Waals surface area (Å²) in [6.45, 7) is 2.27. The summed E-state index contributed by atoms with van der Waals surface area (Å²) in [5.41, 5.74) is 2.83. The van der Waals surface area contributed by atoms with Crippen molar-refractivity contribution >= 4 is 33.2 Å². The molecule has 2 aromatic rings. The number of anilines is 1. The van der Waals surface area contributed by atoms with E-state index in [1.54, 1.807) is 24.3 Å². The van der Waals surface area contributed by atoms with Crippen LogP contribution in [0.3, 0.4) is 0 Å². The first-order valence-electron chi connectivity index (χ1n) is 8.31. The third-order valence-electron chi connectivity index (χ3n) is 3.89. The molecule has 0 heterocycles. The lowest BCUT2D eigenvalue weighted by atomic mass is 10.1. The molecule has 140 valence electrons. The van der Waals surface area contributed by atoms with Gasteiger partial charge >= 0.3 is 0 Å². The summed E-state index contributed by atoms with van der Waals surface area (Å²) in [5.74, 6) is -0.339. The highest BCUT2D eigenvalue weighted by Crippen LogP contribution is 2.20. The summed E-state index contributed by atoms with van der Waals surface area (Å²) in [4.78, 5) is 12.2. The van der Waals surface area contributed by atoms with Crippen LogP contribution in [-0.2, 0) is 21.2 Å². The van der Waals surface area contributed by atoms with Gasteiger partial charge in [-0.25, -0.2) is 8.42 Å². The monoisotopic (exact) mass is 394 g/mol. The van der Waals surface area contributed by atoms with Gasteiger partial charge in [-0.15, -0.1) is 0 Å². The molecule has 0 saturated heterocycles. The van der Waals surface area contributed by atoms with Gasteiger partial charge in [0.15, 0.2) is 0 Å². The Bertz CT molecular complexity index is 834. The lowest BCUT2D eigenvalue weighted by molar-refractivity contribution is -0.119. The fourth-order valence-corrected chi connectivity index (χ4v) is 3.45. The second-order valence-electron chi connectivity index (χ2n) is 6.19. The maximum atomic E-state index is 12.2. The lowest BCUT2D eigenvalue weighted by Gasteiger charge is -2.22. The van der Waals surface area contributed by atoms with E-state index < -0.39 is 10.0 Å². The molecule has 0 bridgehead atoms.